The van der Waals surface area contributed by atoms with Gasteiger partial charge in [0.25, 0.3) is 0 Å². The average Bonchev–Trinajstić information content (AvgIpc) is 2.42. The molecule has 1 saturated carbocycles. The highest BCUT2D eigenvalue weighted by atomic mass is 15.0. The van der Waals surface area contributed by atoms with Crippen LogP contribution >= 0.6 is 0 Å². The summed E-state index contributed by atoms with van der Waals surface area (Å²) in [6.07, 6.45) is 4.53. The first-order valence-electron chi connectivity index (χ1n) is 7.11. The molecule has 1 fully saturated rings. The van der Waals surface area contributed by atoms with E-state index in [1.165, 1.54) is 10.9 Å². The third kappa shape index (κ3) is 2.71. The van der Waals surface area contributed by atoms with E-state index in [0.29, 0.717) is 12.1 Å². The van der Waals surface area contributed by atoms with E-state index in [1.54, 1.807) is 0 Å². The summed E-state index contributed by atoms with van der Waals surface area (Å²) in [6, 6.07) is 11.4. The summed E-state index contributed by atoms with van der Waals surface area (Å²) in [5.74, 6) is 0.997. The molecule has 0 radical (unpaired) electrons. The van der Waals surface area contributed by atoms with E-state index < -0.39 is 0 Å². The van der Waals surface area contributed by atoms with E-state index in [4.69, 9.17) is 10.7 Å². The minimum Gasteiger partial charge on any atom is -0.367 e. The van der Waals surface area contributed by atoms with Gasteiger partial charge in [-0.1, -0.05) is 18.2 Å². The number of hydrogen-bond acceptors (Lipinski definition) is 3. The van der Waals surface area contributed by atoms with Crippen molar-refractivity contribution in [2.24, 2.45) is 5.73 Å². The molecule has 0 aliphatic heterocycles. The van der Waals surface area contributed by atoms with Crippen LogP contribution in [0.2, 0.25) is 0 Å². The number of nitrogens with two attached hydrogens (primary N) is 1. The van der Waals surface area contributed by atoms with Gasteiger partial charge in [-0.2, -0.15) is 0 Å². The molecule has 3 rings (SSSR count). The van der Waals surface area contributed by atoms with E-state index in [0.717, 1.165) is 37.0 Å². The number of hydrogen-bond donors (Lipinski definition) is 2. The lowest BCUT2D eigenvalue weighted by Gasteiger charge is -2.27. The second-order valence-corrected chi connectivity index (χ2v) is 5.60. The Morgan fingerprint density at radius 1 is 1.16 bits per heavy atom. The number of nitrogens with one attached hydrogen (secondary N) is 1. The Bertz CT molecular complexity index is 571. The van der Waals surface area contributed by atoms with Crippen LogP contribution in [0.25, 0.3) is 10.9 Å². The lowest BCUT2D eigenvalue weighted by atomic mass is 9.92. The highest BCUT2D eigenvalue weighted by Gasteiger charge is 2.18. The molecular weight excluding hydrogens is 234 g/mol. The Morgan fingerprint density at radius 3 is 2.68 bits per heavy atom. The molecule has 3 nitrogen and oxygen atoms in total. The van der Waals surface area contributed by atoms with Crippen LogP contribution in [-0.4, -0.2) is 17.1 Å². The normalized spacial score (nSPS) is 23.5. The van der Waals surface area contributed by atoms with Crippen LogP contribution in [0.15, 0.2) is 30.3 Å². The van der Waals surface area contributed by atoms with Crippen molar-refractivity contribution in [2.45, 2.75) is 44.7 Å². The Morgan fingerprint density at radius 2 is 1.89 bits per heavy atom. The lowest BCUT2D eigenvalue weighted by molar-refractivity contribution is 0.410. The zero-order chi connectivity index (χ0) is 13.2. The van der Waals surface area contributed by atoms with Gasteiger partial charge in [0.05, 0.1) is 5.52 Å². The van der Waals surface area contributed by atoms with Crippen LogP contribution in [0.4, 0.5) is 5.82 Å². The van der Waals surface area contributed by atoms with Crippen molar-refractivity contribution >= 4 is 16.7 Å². The molecule has 19 heavy (non-hydrogen) atoms. The smallest absolute Gasteiger partial charge is 0.127 e. The summed E-state index contributed by atoms with van der Waals surface area (Å²) in [5.41, 5.74) is 8.29. The number of anilines is 1. The second-order valence-electron chi connectivity index (χ2n) is 5.60. The van der Waals surface area contributed by atoms with Gasteiger partial charge in [-0.15, -0.1) is 0 Å². The van der Waals surface area contributed by atoms with Crippen LogP contribution in [0.5, 0.6) is 0 Å². The topological polar surface area (TPSA) is 50.9 Å². The maximum Gasteiger partial charge on any atom is 0.127 e. The molecule has 3 heteroatoms. The molecule has 1 aromatic carbocycles. The predicted octanol–water partition coefficient (Wildman–Crippen LogP) is 3.23. The molecule has 1 aromatic heterocycles. The minimum absolute atomic E-state index is 0.393. The Labute approximate surface area is 114 Å². The Kier molecular flexibility index (Phi) is 3.38. The van der Waals surface area contributed by atoms with Gasteiger partial charge in [-0.3, -0.25) is 0 Å². The number of rotatable bonds is 2. The van der Waals surface area contributed by atoms with Crippen LogP contribution in [-0.2, 0) is 0 Å². The molecule has 0 saturated heterocycles. The fraction of sp³-hybridized carbons (Fsp3) is 0.438. The summed E-state index contributed by atoms with van der Waals surface area (Å²) in [5, 5.41) is 4.80. The number of aryl methyl sites for hydroxylation is 1. The van der Waals surface area contributed by atoms with Crippen molar-refractivity contribution < 1.29 is 0 Å². The van der Waals surface area contributed by atoms with Crippen molar-refractivity contribution in [1.29, 1.82) is 0 Å². The third-order valence-corrected chi connectivity index (χ3v) is 4.05. The first-order valence-corrected chi connectivity index (χ1v) is 7.11. The van der Waals surface area contributed by atoms with E-state index in [1.807, 2.05) is 6.07 Å². The standard InChI is InChI=1S/C16H21N3/c1-11-10-16(18-13-8-6-12(17)7-9-13)19-15-5-3-2-4-14(11)15/h2-5,10,12-13H,6-9,17H2,1H3,(H,18,19)/t12-,13+. The highest BCUT2D eigenvalue weighted by molar-refractivity contribution is 5.83. The quantitative estimate of drug-likeness (QED) is 0.866. The number of nitrogens with zero attached hydrogens (tertiary/aromatic N) is 1. The van der Waals surface area contributed by atoms with Crippen molar-refractivity contribution in [3.05, 3.63) is 35.9 Å². The largest absolute Gasteiger partial charge is 0.367 e. The summed E-state index contributed by atoms with van der Waals surface area (Å²) in [4.78, 5) is 4.71. The molecule has 100 valence electrons. The summed E-state index contributed by atoms with van der Waals surface area (Å²) in [6.45, 7) is 2.14. The highest BCUT2D eigenvalue weighted by Crippen LogP contribution is 2.24. The van der Waals surface area contributed by atoms with Gasteiger partial charge in [-0.25, -0.2) is 4.98 Å². The molecule has 2 aromatic rings. The Hall–Kier alpha value is -1.61. The fourth-order valence-corrected chi connectivity index (χ4v) is 2.90. The molecule has 0 spiro atoms. The minimum atomic E-state index is 0.393. The lowest BCUT2D eigenvalue weighted by Crippen LogP contribution is -2.33. The molecule has 0 bridgehead atoms. The zero-order valence-corrected chi connectivity index (χ0v) is 11.4. The van der Waals surface area contributed by atoms with Gasteiger partial charge in [0.1, 0.15) is 5.82 Å². The van der Waals surface area contributed by atoms with Crippen molar-refractivity contribution in [3.8, 4) is 0 Å². The molecule has 1 aliphatic carbocycles. The molecule has 3 N–H and O–H groups in total. The molecule has 1 aliphatic rings. The first kappa shape index (κ1) is 12.4. The van der Waals surface area contributed by atoms with E-state index in [2.05, 4.69) is 36.5 Å². The zero-order valence-electron chi connectivity index (χ0n) is 11.4. The fourth-order valence-electron chi connectivity index (χ4n) is 2.90. The third-order valence-electron chi connectivity index (χ3n) is 4.05. The van der Waals surface area contributed by atoms with E-state index in [-0.39, 0.29) is 0 Å². The molecule has 1 heterocycles. The van der Waals surface area contributed by atoms with E-state index in [9.17, 15) is 0 Å². The molecule has 0 atom stereocenters. The SMILES string of the molecule is Cc1cc(N[C@H]2CC[C@@H](N)CC2)nc2ccccc12. The summed E-state index contributed by atoms with van der Waals surface area (Å²) in [7, 11) is 0. The number of pyridine rings is 1. The van der Waals surface area contributed by atoms with Crippen LogP contribution < -0.4 is 11.1 Å². The number of para-hydroxylation sites is 1. The first-order chi connectivity index (χ1) is 9.22. The van der Waals surface area contributed by atoms with Crippen molar-refractivity contribution in [2.75, 3.05) is 5.32 Å². The second kappa shape index (κ2) is 5.17. The van der Waals surface area contributed by atoms with Gasteiger partial charge in [0, 0.05) is 17.5 Å². The predicted molar refractivity (Wildman–Crippen MR) is 80.3 cm³/mol. The van der Waals surface area contributed by atoms with E-state index >= 15 is 0 Å². The maximum atomic E-state index is 5.95. The molecule has 0 unspecified atom stereocenters. The van der Waals surface area contributed by atoms with Crippen LogP contribution in [0, 0.1) is 6.92 Å². The number of aromatic nitrogens is 1. The van der Waals surface area contributed by atoms with Crippen LogP contribution in [0.1, 0.15) is 31.2 Å². The van der Waals surface area contributed by atoms with Crippen molar-refractivity contribution in [1.82, 2.24) is 4.98 Å². The van der Waals surface area contributed by atoms with Gasteiger partial charge < -0.3 is 11.1 Å². The van der Waals surface area contributed by atoms with Gasteiger partial charge in [0.2, 0.25) is 0 Å². The monoisotopic (exact) mass is 255 g/mol. The van der Waals surface area contributed by atoms with Gasteiger partial charge in [0.15, 0.2) is 0 Å². The average molecular weight is 255 g/mol. The Balaban J connectivity index is 1.81. The number of fused-ring (bicyclic) bond motifs is 1. The summed E-state index contributed by atoms with van der Waals surface area (Å²) < 4.78 is 0. The maximum absolute atomic E-state index is 5.95. The van der Waals surface area contributed by atoms with Gasteiger partial charge in [-0.05, 0) is 50.3 Å². The molecule has 0 amide bonds. The van der Waals surface area contributed by atoms with Crippen molar-refractivity contribution in [3.63, 3.8) is 0 Å². The summed E-state index contributed by atoms with van der Waals surface area (Å²) >= 11 is 0. The molecular formula is C16H21N3. The van der Waals surface area contributed by atoms with Gasteiger partial charge >= 0.3 is 0 Å². The van der Waals surface area contributed by atoms with Crippen LogP contribution in [0.3, 0.4) is 0 Å². The number of benzene rings is 1.